The summed E-state index contributed by atoms with van der Waals surface area (Å²) >= 11 is 0. The number of hydrogen-bond acceptors (Lipinski definition) is 10. The lowest BCUT2D eigenvalue weighted by Crippen LogP contribution is -2.46. The predicted molar refractivity (Wildman–Crippen MR) is 77.6 cm³/mol. The molecular weight excluding hydrogens is 365 g/mol. The summed E-state index contributed by atoms with van der Waals surface area (Å²) in [5, 5.41) is 30.1. The zero-order chi connectivity index (χ0) is 18.6. The van der Waals surface area contributed by atoms with Crippen LogP contribution < -0.4 is 11.3 Å². The van der Waals surface area contributed by atoms with Crippen molar-refractivity contribution in [3.63, 3.8) is 0 Å². The van der Waals surface area contributed by atoms with Crippen molar-refractivity contribution in [3.05, 3.63) is 16.7 Å². The number of nitrogens with two attached hydrogens (primary N) is 1. The highest BCUT2D eigenvalue weighted by atomic mass is 31.2. The molecule has 0 radical (unpaired) electrons. The van der Waals surface area contributed by atoms with Crippen LogP contribution in [0.4, 0.5) is 5.95 Å². The fraction of sp³-hybridized carbons (Fsp3) is 0.500. The summed E-state index contributed by atoms with van der Waals surface area (Å²) < 4.78 is 21.4. The van der Waals surface area contributed by atoms with Crippen LogP contribution in [0.2, 0.25) is 0 Å². The largest absolute Gasteiger partial charge is 0.470 e. The fourth-order valence-corrected chi connectivity index (χ4v) is 3.11. The molecule has 0 amide bonds. The first kappa shape index (κ1) is 17.9. The Hall–Kier alpha value is -1.90. The molecule has 0 aromatic carbocycles. The summed E-state index contributed by atoms with van der Waals surface area (Å²) in [7, 11) is -5.18. The third-order valence-electron chi connectivity index (χ3n) is 3.59. The van der Waals surface area contributed by atoms with Crippen LogP contribution in [0.3, 0.4) is 0 Å². The zero-order valence-corrected chi connectivity index (χ0v) is 13.1. The molecule has 1 aliphatic rings. The molecule has 4 atom stereocenters. The van der Waals surface area contributed by atoms with E-state index in [1.54, 1.807) is 0 Å². The summed E-state index contributed by atoms with van der Waals surface area (Å²) in [6.07, 6.45) is -4.42. The Morgan fingerprint density at radius 3 is 2.80 bits per heavy atom. The lowest BCUT2D eigenvalue weighted by atomic mass is 10.1. The summed E-state index contributed by atoms with van der Waals surface area (Å²) in [5.74, 6) is -3.07. The number of fused-ring (bicyclic) bond motifs is 1. The molecule has 1 saturated heterocycles. The van der Waals surface area contributed by atoms with Gasteiger partial charge in [0.05, 0.1) is 6.61 Å². The number of nitrogens with zero attached hydrogens (tertiary/aromatic N) is 3. The number of phosphoric acid groups is 1. The van der Waals surface area contributed by atoms with Crippen molar-refractivity contribution in [1.29, 1.82) is 0 Å². The maximum absolute atomic E-state index is 11.8. The van der Waals surface area contributed by atoms with Gasteiger partial charge in [-0.3, -0.25) is 18.9 Å². The van der Waals surface area contributed by atoms with Crippen LogP contribution in [0, 0.1) is 0 Å². The topological polar surface area (TPSA) is 226 Å². The minimum absolute atomic E-state index is 0.261. The Morgan fingerprint density at radius 1 is 1.52 bits per heavy atom. The molecule has 0 aliphatic carbocycles. The summed E-state index contributed by atoms with van der Waals surface area (Å²) in [6.45, 7) is -0.798. The van der Waals surface area contributed by atoms with Gasteiger partial charge in [-0.2, -0.15) is 4.98 Å². The highest BCUT2D eigenvalue weighted by molar-refractivity contribution is 7.46. The first-order valence-electron chi connectivity index (χ1n) is 6.73. The maximum Gasteiger partial charge on any atom is 0.470 e. The van der Waals surface area contributed by atoms with E-state index >= 15 is 0 Å². The maximum atomic E-state index is 11.8. The number of aromatic nitrogens is 4. The van der Waals surface area contributed by atoms with Crippen molar-refractivity contribution in [2.75, 3.05) is 12.3 Å². The average molecular weight is 379 g/mol. The molecule has 14 nitrogen and oxygen atoms in total. The van der Waals surface area contributed by atoms with Crippen molar-refractivity contribution in [3.8, 4) is 0 Å². The van der Waals surface area contributed by atoms with Gasteiger partial charge >= 0.3 is 7.82 Å². The number of hydrogen-bond donors (Lipinski definition) is 7. The van der Waals surface area contributed by atoms with E-state index < -0.39 is 44.2 Å². The lowest BCUT2D eigenvalue weighted by Gasteiger charge is -2.30. The third kappa shape index (κ3) is 2.94. The summed E-state index contributed by atoms with van der Waals surface area (Å²) in [6, 6.07) is 0. The number of rotatable bonds is 4. The van der Waals surface area contributed by atoms with Crippen molar-refractivity contribution >= 4 is 24.9 Å². The molecule has 15 heteroatoms. The Morgan fingerprint density at radius 2 is 2.20 bits per heavy atom. The lowest BCUT2D eigenvalue weighted by molar-refractivity contribution is -0.284. The number of phosphoric ester groups is 1. The predicted octanol–water partition coefficient (Wildman–Crippen LogP) is -3.47. The number of aliphatic hydroxyl groups excluding tert-OH is 2. The number of aromatic amines is 1. The molecule has 2 aromatic heterocycles. The first-order chi connectivity index (χ1) is 11.6. The molecule has 0 unspecified atom stereocenters. The van der Waals surface area contributed by atoms with Crippen LogP contribution in [0.25, 0.3) is 11.2 Å². The van der Waals surface area contributed by atoms with Crippen molar-refractivity contribution in [1.82, 2.24) is 19.5 Å². The van der Waals surface area contributed by atoms with E-state index in [0.29, 0.717) is 4.57 Å². The molecule has 0 spiro atoms. The second kappa shape index (κ2) is 5.82. The Bertz CT molecular complexity index is 908. The zero-order valence-electron chi connectivity index (χ0n) is 12.3. The van der Waals surface area contributed by atoms with Crippen molar-refractivity contribution < 1.29 is 38.9 Å². The van der Waals surface area contributed by atoms with Crippen LogP contribution in [0.15, 0.2) is 11.1 Å². The molecule has 138 valence electrons. The van der Waals surface area contributed by atoms with Gasteiger partial charge < -0.3 is 35.6 Å². The van der Waals surface area contributed by atoms with Gasteiger partial charge in [-0.25, -0.2) is 9.55 Å². The van der Waals surface area contributed by atoms with Gasteiger partial charge in [0.1, 0.15) is 18.5 Å². The van der Waals surface area contributed by atoms with E-state index in [1.165, 1.54) is 0 Å². The molecule has 25 heavy (non-hydrogen) atoms. The fourth-order valence-electron chi connectivity index (χ4n) is 2.56. The molecular formula is C10H14N5O9P. The number of aliphatic hydroxyl groups is 3. The summed E-state index contributed by atoms with van der Waals surface area (Å²) in [4.78, 5) is 39.5. The van der Waals surface area contributed by atoms with Gasteiger partial charge in [0, 0.05) is 0 Å². The number of nitrogens with one attached hydrogen (secondary N) is 1. The highest BCUT2D eigenvalue weighted by Gasteiger charge is 2.59. The number of nitrogen functional groups attached to an aromatic ring is 1. The van der Waals surface area contributed by atoms with Crippen LogP contribution >= 0.6 is 7.82 Å². The van der Waals surface area contributed by atoms with Gasteiger partial charge in [0.2, 0.25) is 5.95 Å². The number of ether oxygens (including phenoxy) is 1. The molecule has 2 aromatic rings. The molecule has 1 fully saturated rings. The Labute approximate surface area is 137 Å². The second-order valence-electron chi connectivity index (χ2n) is 5.24. The van der Waals surface area contributed by atoms with Crippen LogP contribution in [-0.4, -0.2) is 69.5 Å². The minimum Gasteiger partial charge on any atom is -0.394 e. The van der Waals surface area contributed by atoms with Crippen molar-refractivity contribution in [2.24, 2.45) is 0 Å². The first-order valence-corrected chi connectivity index (χ1v) is 8.26. The normalized spacial score (nSPS) is 30.2. The van der Waals surface area contributed by atoms with Crippen molar-refractivity contribution in [2.45, 2.75) is 24.2 Å². The average Bonchev–Trinajstić information content (AvgIpc) is 3.01. The van der Waals surface area contributed by atoms with Gasteiger partial charge in [0.15, 0.2) is 17.3 Å². The Balaban J connectivity index is 2.18. The molecule has 3 rings (SSSR count). The quantitative estimate of drug-likeness (QED) is 0.257. The molecule has 0 saturated carbocycles. The monoisotopic (exact) mass is 379 g/mol. The molecule has 1 aliphatic heterocycles. The number of anilines is 1. The number of H-pyrrole nitrogens is 1. The number of imidazole rings is 1. The van der Waals surface area contributed by atoms with Crippen LogP contribution in [0.1, 0.15) is 0 Å². The van der Waals surface area contributed by atoms with Gasteiger partial charge in [-0.05, 0) is 0 Å². The van der Waals surface area contributed by atoms with E-state index in [1.807, 2.05) is 0 Å². The standard InChI is InChI=1S/C10H14N5O9P/c11-9-13-7-4(8(18)14-9)12-2-15(7)10(19)6(24-25(20,21)22)5(17)3(1-16)23-10/h2-3,5-6,16-17,19H,1H2,(H2,20,21,22)(H3,11,13,14,18)/t3-,5-,6-,10-/m1/s1. The van der Waals surface area contributed by atoms with E-state index in [0.717, 1.165) is 6.33 Å². The molecule has 8 N–H and O–H groups in total. The van der Waals surface area contributed by atoms with E-state index in [9.17, 15) is 24.7 Å². The SMILES string of the molecule is Nc1nc2c(ncn2[C@]2(O)O[C@H](CO)[C@@H](O)[C@H]2OP(=O)(O)O)c(=O)[nH]1. The summed E-state index contributed by atoms with van der Waals surface area (Å²) in [5.41, 5.74) is 4.14. The van der Waals surface area contributed by atoms with Gasteiger partial charge in [-0.1, -0.05) is 0 Å². The second-order valence-corrected chi connectivity index (χ2v) is 6.43. The Kier molecular flexibility index (Phi) is 4.17. The van der Waals surface area contributed by atoms with Gasteiger partial charge in [-0.15, -0.1) is 0 Å². The van der Waals surface area contributed by atoms with E-state index in [4.69, 9.17) is 20.3 Å². The minimum atomic E-state index is -5.18. The molecule has 0 bridgehead atoms. The smallest absolute Gasteiger partial charge is 0.394 e. The van der Waals surface area contributed by atoms with Gasteiger partial charge in [0.25, 0.3) is 11.5 Å². The third-order valence-corrected chi connectivity index (χ3v) is 4.09. The van der Waals surface area contributed by atoms with Crippen LogP contribution in [-0.2, 0) is 19.7 Å². The molecule has 3 heterocycles. The highest BCUT2D eigenvalue weighted by Crippen LogP contribution is 2.46. The van der Waals surface area contributed by atoms with E-state index in [2.05, 4.69) is 19.5 Å². The van der Waals surface area contributed by atoms with Crippen LogP contribution in [0.5, 0.6) is 0 Å². The van der Waals surface area contributed by atoms with E-state index in [-0.39, 0.29) is 17.1 Å².